The summed E-state index contributed by atoms with van der Waals surface area (Å²) in [5, 5.41) is 2.91. The Bertz CT molecular complexity index is 1090. The fourth-order valence-corrected chi connectivity index (χ4v) is 5.92. The smallest absolute Gasteiger partial charge is 0.341 e. The Labute approximate surface area is 183 Å². The van der Waals surface area contributed by atoms with Crippen molar-refractivity contribution in [1.82, 2.24) is 9.29 Å². The number of nitrogens with one attached hydrogen (secondary N) is 2. The van der Waals surface area contributed by atoms with Gasteiger partial charge in [-0.1, -0.05) is 18.2 Å². The molecule has 0 unspecified atom stereocenters. The molecule has 1 amide bonds. The van der Waals surface area contributed by atoms with E-state index in [4.69, 9.17) is 4.74 Å². The number of rotatable bonds is 6. The Kier molecular flexibility index (Phi) is 6.86. The van der Waals surface area contributed by atoms with Crippen LogP contribution in [0.15, 0.2) is 29.2 Å². The van der Waals surface area contributed by atoms with Crippen molar-refractivity contribution in [3.05, 3.63) is 46.8 Å². The molecule has 1 aliphatic heterocycles. The molecule has 1 aromatic carbocycles. The Morgan fingerprint density at radius 1 is 1.19 bits per heavy atom. The monoisotopic (exact) mass is 447 g/mol. The number of H-pyrrole nitrogens is 1. The maximum absolute atomic E-state index is 13.5. The van der Waals surface area contributed by atoms with E-state index in [-0.39, 0.29) is 29.5 Å². The molecule has 2 heterocycles. The van der Waals surface area contributed by atoms with E-state index in [9.17, 15) is 18.0 Å². The molecule has 1 saturated heterocycles. The summed E-state index contributed by atoms with van der Waals surface area (Å²) in [6.45, 7) is 7.34. The lowest BCUT2D eigenvalue weighted by molar-refractivity contribution is -0.120. The highest BCUT2D eigenvalue weighted by molar-refractivity contribution is 7.89. The summed E-state index contributed by atoms with van der Waals surface area (Å²) in [7, 11) is -3.99. The van der Waals surface area contributed by atoms with Crippen molar-refractivity contribution in [1.29, 1.82) is 0 Å². The van der Waals surface area contributed by atoms with Crippen molar-refractivity contribution in [2.45, 2.75) is 45.4 Å². The molecule has 0 bridgehead atoms. The third-order valence-electron chi connectivity index (χ3n) is 5.55. The third-order valence-corrected chi connectivity index (χ3v) is 7.59. The molecule has 9 heteroatoms. The van der Waals surface area contributed by atoms with Crippen LogP contribution in [-0.4, -0.2) is 49.3 Å². The maximum Gasteiger partial charge on any atom is 0.341 e. The van der Waals surface area contributed by atoms with Crippen LogP contribution < -0.4 is 5.32 Å². The van der Waals surface area contributed by atoms with Crippen LogP contribution in [0.4, 0.5) is 5.69 Å². The number of para-hydroxylation sites is 1. The van der Waals surface area contributed by atoms with Gasteiger partial charge in [-0.3, -0.25) is 4.79 Å². The van der Waals surface area contributed by atoms with Gasteiger partial charge in [-0.05, 0) is 52.2 Å². The quantitative estimate of drug-likeness (QED) is 0.661. The largest absolute Gasteiger partial charge is 0.462 e. The molecule has 0 saturated carbocycles. The maximum atomic E-state index is 13.5. The van der Waals surface area contributed by atoms with Gasteiger partial charge in [0.05, 0.1) is 12.5 Å². The van der Waals surface area contributed by atoms with Crippen LogP contribution in [0.5, 0.6) is 0 Å². The molecule has 168 valence electrons. The minimum atomic E-state index is -3.99. The highest BCUT2D eigenvalue weighted by atomic mass is 32.2. The zero-order chi connectivity index (χ0) is 22.8. The highest BCUT2D eigenvalue weighted by Gasteiger charge is 2.38. The first-order valence-electron chi connectivity index (χ1n) is 10.4. The molecular formula is C22H29N3O5S. The minimum Gasteiger partial charge on any atom is -0.462 e. The summed E-state index contributed by atoms with van der Waals surface area (Å²) in [5.41, 5.74) is 2.51. The van der Waals surface area contributed by atoms with Crippen molar-refractivity contribution in [3.63, 3.8) is 0 Å². The van der Waals surface area contributed by atoms with Gasteiger partial charge in [0, 0.05) is 30.2 Å². The molecule has 8 nitrogen and oxygen atoms in total. The first-order valence-corrected chi connectivity index (χ1v) is 11.8. The fourth-order valence-electron chi connectivity index (χ4n) is 3.98. The summed E-state index contributed by atoms with van der Waals surface area (Å²) in [6, 6.07) is 7.46. The van der Waals surface area contributed by atoms with Crippen LogP contribution in [0, 0.1) is 26.7 Å². The minimum absolute atomic E-state index is 0.0332. The van der Waals surface area contributed by atoms with Crippen molar-refractivity contribution < 1.29 is 22.7 Å². The number of hydrogen-bond donors (Lipinski definition) is 2. The summed E-state index contributed by atoms with van der Waals surface area (Å²) < 4.78 is 33.4. The SMILES string of the molecule is CCOC(=O)c1c(C)[nH]c(C)c1S(=O)(=O)N1CCC[C@@H](C(=O)Nc2ccccc2C)C1. The average Bonchev–Trinajstić information content (AvgIpc) is 3.04. The van der Waals surface area contributed by atoms with Crippen molar-refractivity contribution in [2.24, 2.45) is 5.92 Å². The van der Waals surface area contributed by atoms with Crippen molar-refractivity contribution in [2.75, 3.05) is 25.0 Å². The van der Waals surface area contributed by atoms with Crippen LogP contribution in [0.25, 0.3) is 0 Å². The molecular weight excluding hydrogens is 418 g/mol. The molecule has 2 aromatic rings. The average molecular weight is 448 g/mol. The fraction of sp³-hybridized carbons (Fsp3) is 0.455. The lowest BCUT2D eigenvalue weighted by Crippen LogP contribution is -2.44. The molecule has 1 aromatic heterocycles. The number of sulfonamides is 1. The number of aromatic nitrogens is 1. The molecule has 1 atom stereocenters. The standard InChI is InChI=1S/C22H29N3O5S/c1-5-30-22(27)19-15(3)23-16(4)20(19)31(28,29)25-12-8-10-17(13-25)21(26)24-18-11-7-6-9-14(18)2/h6-7,9,11,17,23H,5,8,10,12-13H2,1-4H3,(H,24,26)/t17-/m1/s1. The normalized spacial score (nSPS) is 17.4. The Balaban J connectivity index is 1.85. The lowest BCUT2D eigenvalue weighted by atomic mass is 9.98. The van der Waals surface area contributed by atoms with E-state index in [2.05, 4.69) is 10.3 Å². The number of aromatic amines is 1. The van der Waals surface area contributed by atoms with Crippen molar-refractivity contribution in [3.8, 4) is 0 Å². The first-order chi connectivity index (χ1) is 14.7. The number of benzene rings is 1. The first kappa shape index (κ1) is 23.0. The van der Waals surface area contributed by atoms with E-state index in [1.807, 2.05) is 31.2 Å². The molecule has 31 heavy (non-hydrogen) atoms. The number of piperidine rings is 1. The number of ether oxygens (including phenoxy) is 1. The number of anilines is 1. The van der Waals surface area contributed by atoms with Crippen LogP contribution in [0.2, 0.25) is 0 Å². The van der Waals surface area contributed by atoms with Gasteiger partial charge in [0.25, 0.3) is 0 Å². The third kappa shape index (κ3) is 4.67. The number of carbonyl (C=O) groups is 2. The van der Waals surface area contributed by atoms with Gasteiger partial charge in [-0.25, -0.2) is 13.2 Å². The van der Waals surface area contributed by atoms with Crippen molar-refractivity contribution >= 4 is 27.6 Å². The van der Waals surface area contributed by atoms with Crippen LogP contribution in [0.1, 0.15) is 47.1 Å². The van der Waals surface area contributed by atoms with E-state index < -0.39 is 21.9 Å². The number of esters is 1. The molecule has 1 fully saturated rings. The zero-order valence-electron chi connectivity index (χ0n) is 18.3. The highest BCUT2D eigenvalue weighted by Crippen LogP contribution is 2.31. The number of amides is 1. The number of carbonyl (C=O) groups excluding carboxylic acids is 2. The summed E-state index contributed by atoms with van der Waals surface area (Å²) in [4.78, 5) is 28.2. The second-order valence-electron chi connectivity index (χ2n) is 7.81. The van der Waals surface area contributed by atoms with Gasteiger partial charge in [-0.15, -0.1) is 0 Å². The predicted octanol–water partition coefficient (Wildman–Crippen LogP) is 3.16. The van der Waals surface area contributed by atoms with Crippen LogP contribution in [0.3, 0.4) is 0 Å². The lowest BCUT2D eigenvalue weighted by Gasteiger charge is -2.31. The van der Waals surface area contributed by atoms with Gasteiger partial charge in [0.2, 0.25) is 15.9 Å². The van der Waals surface area contributed by atoms with Gasteiger partial charge < -0.3 is 15.0 Å². The van der Waals surface area contributed by atoms with Gasteiger partial charge in [0.1, 0.15) is 10.5 Å². The van der Waals surface area contributed by atoms with Gasteiger partial charge >= 0.3 is 5.97 Å². The van der Waals surface area contributed by atoms with E-state index in [0.717, 1.165) is 5.56 Å². The van der Waals surface area contributed by atoms with E-state index in [1.165, 1.54) is 4.31 Å². The van der Waals surface area contributed by atoms with Gasteiger partial charge in [0.15, 0.2) is 0 Å². The molecule has 0 aliphatic carbocycles. The summed E-state index contributed by atoms with van der Waals surface area (Å²) in [6.07, 6.45) is 1.15. The molecule has 0 spiro atoms. The molecule has 2 N–H and O–H groups in total. The second-order valence-corrected chi connectivity index (χ2v) is 9.68. The van der Waals surface area contributed by atoms with E-state index in [0.29, 0.717) is 36.5 Å². The molecule has 1 aliphatic rings. The summed E-state index contributed by atoms with van der Waals surface area (Å²) in [5.74, 6) is -1.36. The topological polar surface area (TPSA) is 109 Å². The molecule has 0 radical (unpaired) electrons. The number of aryl methyl sites for hydroxylation is 3. The van der Waals surface area contributed by atoms with Crippen LogP contribution >= 0.6 is 0 Å². The second kappa shape index (κ2) is 9.23. The van der Waals surface area contributed by atoms with E-state index >= 15 is 0 Å². The Morgan fingerprint density at radius 3 is 2.58 bits per heavy atom. The van der Waals surface area contributed by atoms with Gasteiger partial charge in [-0.2, -0.15) is 4.31 Å². The number of hydrogen-bond acceptors (Lipinski definition) is 5. The zero-order valence-corrected chi connectivity index (χ0v) is 19.1. The molecule has 3 rings (SSSR count). The Hall–Kier alpha value is -2.65. The predicted molar refractivity (Wildman–Crippen MR) is 118 cm³/mol. The summed E-state index contributed by atoms with van der Waals surface area (Å²) >= 11 is 0. The Morgan fingerprint density at radius 2 is 1.90 bits per heavy atom. The van der Waals surface area contributed by atoms with E-state index in [1.54, 1.807) is 20.8 Å². The van der Waals surface area contributed by atoms with Crippen LogP contribution in [-0.2, 0) is 19.6 Å². The number of nitrogens with zero attached hydrogens (tertiary/aromatic N) is 1.